The number of benzene rings is 3. The van der Waals surface area contributed by atoms with Crippen LogP contribution < -0.4 is 10.6 Å². The summed E-state index contributed by atoms with van der Waals surface area (Å²) in [6, 6.07) is 15.0. The molecule has 3 aromatic carbocycles. The molecule has 0 aliphatic rings. The van der Waals surface area contributed by atoms with Gasteiger partial charge >= 0.3 is 0 Å². The molecule has 6 heteroatoms. The van der Waals surface area contributed by atoms with E-state index in [9.17, 15) is 18.4 Å². The Morgan fingerprint density at radius 2 is 1.33 bits per heavy atom. The molecular formula is C24H22F2N2O2. The summed E-state index contributed by atoms with van der Waals surface area (Å²) < 4.78 is 28.1. The summed E-state index contributed by atoms with van der Waals surface area (Å²) in [7, 11) is 0. The van der Waals surface area contributed by atoms with Gasteiger partial charge in [0.1, 0.15) is 11.6 Å². The van der Waals surface area contributed by atoms with Gasteiger partial charge in [0.2, 0.25) is 0 Å². The number of hydrogen-bond donors (Lipinski definition) is 2. The second-order valence-corrected chi connectivity index (χ2v) is 7.20. The van der Waals surface area contributed by atoms with Crippen molar-refractivity contribution in [1.82, 2.24) is 5.32 Å². The van der Waals surface area contributed by atoms with E-state index in [1.807, 2.05) is 0 Å². The number of amides is 2. The summed E-state index contributed by atoms with van der Waals surface area (Å²) >= 11 is 0. The minimum Gasteiger partial charge on any atom is -0.345 e. The van der Waals surface area contributed by atoms with Crippen LogP contribution in [0, 0.1) is 25.5 Å². The minimum atomic E-state index is -0.619. The number of carbonyl (C=O) groups is 2. The fraction of sp³-hybridized carbons (Fsp3) is 0.167. The number of para-hydroxylation sites is 1. The number of anilines is 1. The first-order chi connectivity index (χ1) is 14.3. The van der Waals surface area contributed by atoms with E-state index in [2.05, 4.69) is 10.6 Å². The van der Waals surface area contributed by atoms with Crippen molar-refractivity contribution in [3.63, 3.8) is 0 Å². The lowest BCUT2D eigenvalue weighted by atomic mass is 10.0. The van der Waals surface area contributed by atoms with Gasteiger partial charge in [-0.25, -0.2) is 8.78 Å². The van der Waals surface area contributed by atoms with Gasteiger partial charge in [0, 0.05) is 5.69 Å². The van der Waals surface area contributed by atoms with Crippen LogP contribution in [0.1, 0.15) is 50.4 Å². The maximum absolute atomic E-state index is 14.1. The fourth-order valence-electron chi connectivity index (χ4n) is 3.16. The first kappa shape index (κ1) is 21.2. The number of aryl methyl sites for hydroxylation is 2. The minimum absolute atomic E-state index is 0.0507. The van der Waals surface area contributed by atoms with Gasteiger partial charge in [-0.05, 0) is 56.7 Å². The second kappa shape index (κ2) is 8.86. The van der Waals surface area contributed by atoms with Crippen LogP contribution in [0.2, 0.25) is 0 Å². The standard InChI is InChI=1S/C24H22F2N2O2/c1-14-8-10-20(25)18(12-14)23(29)27-16(3)17-6-4-5-7-22(17)28-24(30)19-13-15(2)9-11-21(19)26/h4-13,16H,1-3H3,(H,27,29)(H,28,30). The lowest BCUT2D eigenvalue weighted by Crippen LogP contribution is -2.28. The number of nitrogens with one attached hydrogen (secondary N) is 2. The molecule has 2 amide bonds. The zero-order chi connectivity index (χ0) is 21.8. The SMILES string of the molecule is Cc1ccc(F)c(C(=O)Nc2ccccc2C(C)NC(=O)c2cc(C)ccc2F)c1. The van der Waals surface area contributed by atoms with Crippen LogP contribution in [0.15, 0.2) is 60.7 Å². The molecule has 154 valence electrons. The van der Waals surface area contributed by atoms with E-state index in [0.29, 0.717) is 11.3 Å². The third-order valence-corrected chi connectivity index (χ3v) is 4.76. The predicted octanol–water partition coefficient (Wildman–Crippen LogP) is 5.32. The third kappa shape index (κ3) is 4.71. The van der Waals surface area contributed by atoms with Crippen LogP contribution in [0.5, 0.6) is 0 Å². The first-order valence-electron chi connectivity index (χ1n) is 9.49. The van der Waals surface area contributed by atoms with Crippen molar-refractivity contribution in [2.75, 3.05) is 5.32 Å². The fourth-order valence-corrected chi connectivity index (χ4v) is 3.16. The molecule has 0 heterocycles. The summed E-state index contributed by atoms with van der Waals surface area (Å²) in [5.41, 5.74) is 2.45. The molecule has 1 unspecified atom stereocenters. The van der Waals surface area contributed by atoms with Gasteiger partial charge in [-0.15, -0.1) is 0 Å². The summed E-state index contributed by atoms with van der Waals surface area (Å²) in [5, 5.41) is 5.46. The molecule has 0 aliphatic carbocycles. The van der Waals surface area contributed by atoms with Gasteiger partial charge in [0.25, 0.3) is 11.8 Å². The van der Waals surface area contributed by atoms with Crippen molar-refractivity contribution in [2.45, 2.75) is 26.8 Å². The van der Waals surface area contributed by atoms with Crippen LogP contribution in [0.25, 0.3) is 0 Å². The molecule has 0 aromatic heterocycles. The zero-order valence-electron chi connectivity index (χ0n) is 16.9. The molecule has 0 saturated carbocycles. The summed E-state index contributed by atoms with van der Waals surface area (Å²) in [6.45, 7) is 5.27. The Balaban J connectivity index is 1.82. The highest BCUT2D eigenvalue weighted by Crippen LogP contribution is 2.24. The van der Waals surface area contributed by atoms with Crippen molar-refractivity contribution in [1.29, 1.82) is 0 Å². The highest BCUT2D eigenvalue weighted by Gasteiger charge is 2.19. The number of halogens is 2. The Labute approximate surface area is 173 Å². The Hall–Kier alpha value is -3.54. The lowest BCUT2D eigenvalue weighted by Gasteiger charge is -2.19. The topological polar surface area (TPSA) is 58.2 Å². The van der Waals surface area contributed by atoms with Crippen molar-refractivity contribution >= 4 is 17.5 Å². The van der Waals surface area contributed by atoms with E-state index < -0.39 is 29.5 Å². The van der Waals surface area contributed by atoms with E-state index in [0.717, 1.165) is 11.1 Å². The quantitative estimate of drug-likeness (QED) is 0.600. The van der Waals surface area contributed by atoms with Gasteiger partial charge in [0.15, 0.2) is 0 Å². The zero-order valence-corrected chi connectivity index (χ0v) is 16.9. The van der Waals surface area contributed by atoms with Gasteiger partial charge < -0.3 is 10.6 Å². The van der Waals surface area contributed by atoms with Crippen molar-refractivity contribution in [2.24, 2.45) is 0 Å². The van der Waals surface area contributed by atoms with Gasteiger partial charge in [-0.2, -0.15) is 0 Å². The molecule has 3 aromatic rings. The maximum atomic E-state index is 14.1. The van der Waals surface area contributed by atoms with E-state index in [4.69, 9.17) is 0 Å². The highest BCUT2D eigenvalue weighted by molar-refractivity contribution is 6.05. The molecular weight excluding hydrogens is 386 g/mol. The van der Waals surface area contributed by atoms with E-state index >= 15 is 0 Å². The molecule has 0 spiro atoms. The first-order valence-corrected chi connectivity index (χ1v) is 9.49. The second-order valence-electron chi connectivity index (χ2n) is 7.20. The molecule has 0 aliphatic heterocycles. The van der Waals surface area contributed by atoms with Gasteiger partial charge in [0.05, 0.1) is 17.2 Å². The van der Waals surface area contributed by atoms with Crippen molar-refractivity contribution < 1.29 is 18.4 Å². The molecule has 3 rings (SSSR count). The van der Waals surface area contributed by atoms with Crippen LogP contribution in [0.4, 0.5) is 14.5 Å². The van der Waals surface area contributed by atoms with Gasteiger partial charge in [-0.1, -0.05) is 41.5 Å². The molecule has 0 bridgehead atoms. The number of carbonyl (C=O) groups excluding carboxylic acids is 2. The van der Waals surface area contributed by atoms with E-state index in [-0.39, 0.29) is 11.1 Å². The van der Waals surface area contributed by atoms with Crippen LogP contribution >= 0.6 is 0 Å². The Morgan fingerprint density at radius 1 is 0.800 bits per heavy atom. The smallest absolute Gasteiger partial charge is 0.258 e. The average Bonchev–Trinajstić information content (AvgIpc) is 2.71. The normalized spacial score (nSPS) is 11.6. The Kier molecular flexibility index (Phi) is 6.26. The molecule has 1 atom stereocenters. The Morgan fingerprint density at radius 3 is 1.93 bits per heavy atom. The monoisotopic (exact) mass is 408 g/mol. The van der Waals surface area contributed by atoms with E-state index in [1.165, 1.54) is 24.3 Å². The number of rotatable bonds is 5. The summed E-state index contributed by atoms with van der Waals surface area (Å²) in [5.74, 6) is -2.38. The summed E-state index contributed by atoms with van der Waals surface area (Å²) in [4.78, 5) is 25.2. The Bertz CT molecular complexity index is 1110. The van der Waals surface area contributed by atoms with Gasteiger partial charge in [-0.3, -0.25) is 9.59 Å². The molecule has 30 heavy (non-hydrogen) atoms. The molecule has 2 N–H and O–H groups in total. The largest absolute Gasteiger partial charge is 0.345 e. The van der Waals surface area contributed by atoms with Crippen LogP contribution in [-0.2, 0) is 0 Å². The van der Waals surface area contributed by atoms with Crippen molar-refractivity contribution in [3.05, 3.63) is 100 Å². The van der Waals surface area contributed by atoms with Crippen LogP contribution in [-0.4, -0.2) is 11.8 Å². The van der Waals surface area contributed by atoms with E-state index in [1.54, 1.807) is 57.2 Å². The maximum Gasteiger partial charge on any atom is 0.258 e. The lowest BCUT2D eigenvalue weighted by molar-refractivity contribution is 0.0935. The summed E-state index contributed by atoms with van der Waals surface area (Å²) in [6.07, 6.45) is 0. The van der Waals surface area contributed by atoms with Crippen molar-refractivity contribution in [3.8, 4) is 0 Å². The average molecular weight is 408 g/mol. The van der Waals surface area contributed by atoms with Crippen LogP contribution in [0.3, 0.4) is 0 Å². The molecule has 0 radical (unpaired) electrons. The number of hydrogen-bond acceptors (Lipinski definition) is 2. The highest BCUT2D eigenvalue weighted by atomic mass is 19.1. The molecule has 0 fully saturated rings. The molecule has 0 saturated heterocycles. The predicted molar refractivity (Wildman–Crippen MR) is 113 cm³/mol. The third-order valence-electron chi connectivity index (χ3n) is 4.76. The molecule has 4 nitrogen and oxygen atoms in total.